The molecule has 1 heterocycles. The fraction of sp³-hybridized carbons (Fsp3) is 0.176. The number of amides is 1. The number of benzene rings is 2. The summed E-state index contributed by atoms with van der Waals surface area (Å²) in [5.41, 5.74) is 2.07. The Kier molecular flexibility index (Phi) is 5.03. The summed E-state index contributed by atoms with van der Waals surface area (Å²) in [5.74, 6) is -0.360. The molecule has 0 atom stereocenters. The van der Waals surface area contributed by atoms with Gasteiger partial charge in [0, 0.05) is 24.7 Å². The maximum Gasteiger partial charge on any atom is 0.257 e. The first kappa shape index (κ1) is 18.8. The van der Waals surface area contributed by atoms with E-state index in [1.807, 2.05) is 13.0 Å². The number of halogens is 1. The standard InChI is InChI=1S/C17H16ClN3O3S2/c1-10-8-12(18)9-14-15(10)19-17(25-14)20-16(22)11-4-6-13(7-5-11)26(23,24)21(2)3/h4-9H,1-3H3,(H,19,20,22). The molecular weight excluding hydrogens is 394 g/mol. The third-order valence-electron chi connectivity index (χ3n) is 3.77. The molecule has 3 aromatic rings. The molecule has 0 saturated heterocycles. The third-order valence-corrected chi connectivity index (χ3v) is 6.73. The van der Waals surface area contributed by atoms with Gasteiger partial charge in [0.1, 0.15) is 0 Å². The molecule has 136 valence electrons. The highest BCUT2D eigenvalue weighted by Crippen LogP contribution is 2.31. The maximum atomic E-state index is 12.4. The van der Waals surface area contributed by atoms with Crippen LogP contribution in [0, 0.1) is 6.92 Å². The van der Waals surface area contributed by atoms with Crippen molar-refractivity contribution in [2.75, 3.05) is 19.4 Å². The summed E-state index contributed by atoms with van der Waals surface area (Å²) in [7, 11) is -0.614. The molecule has 0 bridgehead atoms. The first-order valence-corrected chi connectivity index (χ1v) is 10.2. The van der Waals surface area contributed by atoms with Gasteiger partial charge in [-0.15, -0.1) is 0 Å². The number of carbonyl (C=O) groups excluding carboxylic acids is 1. The smallest absolute Gasteiger partial charge is 0.257 e. The minimum atomic E-state index is -3.53. The Morgan fingerprint density at radius 3 is 2.46 bits per heavy atom. The second kappa shape index (κ2) is 6.96. The fourth-order valence-corrected chi connectivity index (χ4v) is 4.58. The molecule has 0 aliphatic rings. The van der Waals surface area contributed by atoms with Crippen molar-refractivity contribution in [1.29, 1.82) is 0 Å². The Morgan fingerprint density at radius 2 is 1.85 bits per heavy atom. The van der Waals surface area contributed by atoms with E-state index < -0.39 is 10.0 Å². The van der Waals surface area contributed by atoms with Crippen LogP contribution in [0.25, 0.3) is 10.2 Å². The van der Waals surface area contributed by atoms with Crippen molar-refractivity contribution >= 4 is 54.2 Å². The normalized spacial score (nSPS) is 11.9. The first-order chi connectivity index (χ1) is 12.2. The lowest BCUT2D eigenvalue weighted by atomic mass is 10.2. The van der Waals surface area contributed by atoms with E-state index in [0.717, 1.165) is 20.1 Å². The number of aromatic nitrogens is 1. The van der Waals surface area contributed by atoms with Crippen LogP contribution in [0.4, 0.5) is 5.13 Å². The lowest BCUT2D eigenvalue weighted by Gasteiger charge is -2.11. The Balaban J connectivity index is 1.83. The van der Waals surface area contributed by atoms with E-state index in [9.17, 15) is 13.2 Å². The highest BCUT2D eigenvalue weighted by Gasteiger charge is 2.18. The Morgan fingerprint density at radius 1 is 1.19 bits per heavy atom. The quantitative estimate of drug-likeness (QED) is 0.711. The summed E-state index contributed by atoms with van der Waals surface area (Å²) in [6.07, 6.45) is 0. The molecule has 6 nitrogen and oxygen atoms in total. The molecule has 0 spiro atoms. The van der Waals surface area contributed by atoms with Gasteiger partial charge >= 0.3 is 0 Å². The molecule has 9 heteroatoms. The molecular formula is C17H16ClN3O3S2. The van der Waals surface area contributed by atoms with Gasteiger partial charge in [-0.2, -0.15) is 0 Å². The lowest BCUT2D eigenvalue weighted by Crippen LogP contribution is -2.22. The van der Waals surface area contributed by atoms with E-state index in [2.05, 4.69) is 10.3 Å². The topological polar surface area (TPSA) is 79.4 Å². The fourth-order valence-electron chi connectivity index (χ4n) is 2.37. The zero-order chi connectivity index (χ0) is 19.1. The number of nitrogens with one attached hydrogen (secondary N) is 1. The molecule has 0 aliphatic heterocycles. The van der Waals surface area contributed by atoms with Crippen LogP contribution in [-0.4, -0.2) is 37.7 Å². The summed E-state index contributed by atoms with van der Waals surface area (Å²) in [6.45, 7) is 1.91. The predicted molar refractivity (Wildman–Crippen MR) is 105 cm³/mol. The van der Waals surface area contributed by atoms with Crippen LogP contribution in [0.5, 0.6) is 0 Å². The molecule has 1 amide bonds. The number of carbonyl (C=O) groups is 1. The Hall–Kier alpha value is -2.00. The number of thiazole rings is 1. The van der Waals surface area contributed by atoms with Gasteiger partial charge in [0.25, 0.3) is 5.91 Å². The average Bonchev–Trinajstić information content (AvgIpc) is 2.97. The van der Waals surface area contributed by atoms with Crippen LogP contribution < -0.4 is 5.32 Å². The van der Waals surface area contributed by atoms with Crippen LogP contribution in [0.15, 0.2) is 41.3 Å². The van der Waals surface area contributed by atoms with Crippen molar-refractivity contribution < 1.29 is 13.2 Å². The van der Waals surface area contributed by atoms with Crippen molar-refractivity contribution in [2.24, 2.45) is 0 Å². The van der Waals surface area contributed by atoms with Gasteiger partial charge in [0.05, 0.1) is 15.1 Å². The monoisotopic (exact) mass is 409 g/mol. The molecule has 0 fully saturated rings. The predicted octanol–water partition coefficient (Wildman–Crippen LogP) is 3.76. The van der Waals surface area contributed by atoms with Gasteiger partial charge in [-0.25, -0.2) is 17.7 Å². The lowest BCUT2D eigenvalue weighted by molar-refractivity contribution is 0.102. The first-order valence-electron chi connectivity index (χ1n) is 7.59. The van der Waals surface area contributed by atoms with Crippen LogP contribution in [0.1, 0.15) is 15.9 Å². The molecule has 1 aromatic heterocycles. The van der Waals surface area contributed by atoms with Gasteiger partial charge in [-0.1, -0.05) is 22.9 Å². The van der Waals surface area contributed by atoms with Gasteiger partial charge in [0.2, 0.25) is 10.0 Å². The number of aryl methyl sites for hydroxylation is 1. The minimum Gasteiger partial charge on any atom is -0.298 e. The zero-order valence-electron chi connectivity index (χ0n) is 14.3. The number of hydrogen-bond donors (Lipinski definition) is 1. The van der Waals surface area contributed by atoms with Crippen molar-refractivity contribution in [3.63, 3.8) is 0 Å². The van der Waals surface area contributed by atoms with E-state index in [0.29, 0.717) is 15.7 Å². The summed E-state index contributed by atoms with van der Waals surface area (Å²) in [6, 6.07) is 9.39. The summed E-state index contributed by atoms with van der Waals surface area (Å²) >= 11 is 7.38. The number of anilines is 1. The number of nitrogens with zero attached hydrogens (tertiary/aromatic N) is 2. The molecule has 0 saturated carbocycles. The van der Waals surface area contributed by atoms with Crippen molar-refractivity contribution in [2.45, 2.75) is 11.8 Å². The van der Waals surface area contributed by atoms with Crippen LogP contribution >= 0.6 is 22.9 Å². The SMILES string of the molecule is Cc1cc(Cl)cc2sc(NC(=O)c3ccc(S(=O)(=O)N(C)C)cc3)nc12. The minimum absolute atomic E-state index is 0.129. The molecule has 3 rings (SSSR count). The number of rotatable bonds is 4. The van der Waals surface area contributed by atoms with E-state index in [4.69, 9.17) is 11.6 Å². The Bertz CT molecular complexity index is 1090. The molecule has 1 N–H and O–H groups in total. The van der Waals surface area contributed by atoms with E-state index in [1.165, 1.54) is 49.7 Å². The Labute approximate surface area is 160 Å². The second-order valence-corrected chi connectivity index (χ2v) is 9.47. The van der Waals surface area contributed by atoms with Gasteiger partial charge in [0.15, 0.2) is 5.13 Å². The van der Waals surface area contributed by atoms with Crippen molar-refractivity contribution in [3.8, 4) is 0 Å². The van der Waals surface area contributed by atoms with Crippen molar-refractivity contribution in [1.82, 2.24) is 9.29 Å². The van der Waals surface area contributed by atoms with E-state index >= 15 is 0 Å². The van der Waals surface area contributed by atoms with Gasteiger partial charge in [-0.05, 0) is 48.9 Å². The van der Waals surface area contributed by atoms with E-state index in [1.54, 1.807) is 6.07 Å². The highest BCUT2D eigenvalue weighted by atomic mass is 35.5. The summed E-state index contributed by atoms with van der Waals surface area (Å²) in [4.78, 5) is 17.0. The average molecular weight is 410 g/mol. The zero-order valence-corrected chi connectivity index (χ0v) is 16.7. The highest BCUT2D eigenvalue weighted by molar-refractivity contribution is 7.89. The molecule has 2 aromatic carbocycles. The van der Waals surface area contributed by atoms with Crippen LogP contribution in [0.2, 0.25) is 5.02 Å². The second-order valence-electron chi connectivity index (χ2n) is 5.85. The largest absolute Gasteiger partial charge is 0.298 e. The van der Waals surface area contributed by atoms with Crippen LogP contribution in [0.3, 0.4) is 0 Å². The van der Waals surface area contributed by atoms with Crippen molar-refractivity contribution in [3.05, 3.63) is 52.5 Å². The molecule has 0 radical (unpaired) electrons. The molecule has 0 aliphatic carbocycles. The van der Waals surface area contributed by atoms with Crippen LogP contribution in [-0.2, 0) is 10.0 Å². The van der Waals surface area contributed by atoms with Gasteiger partial charge < -0.3 is 0 Å². The number of sulfonamides is 1. The summed E-state index contributed by atoms with van der Waals surface area (Å²) in [5, 5.41) is 3.82. The number of fused-ring (bicyclic) bond motifs is 1. The van der Waals surface area contributed by atoms with Gasteiger partial charge in [-0.3, -0.25) is 10.1 Å². The molecule has 26 heavy (non-hydrogen) atoms. The third kappa shape index (κ3) is 3.59. The number of hydrogen-bond acceptors (Lipinski definition) is 5. The summed E-state index contributed by atoms with van der Waals surface area (Å²) < 4.78 is 26.1. The maximum absolute atomic E-state index is 12.4. The molecule has 0 unspecified atom stereocenters. The van der Waals surface area contributed by atoms with E-state index in [-0.39, 0.29) is 10.8 Å².